The minimum Gasteiger partial charge on any atom is -0.386 e. The van der Waals surface area contributed by atoms with Gasteiger partial charge in [0.25, 0.3) is 0 Å². The lowest BCUT2D eigenvalue weighted by Crippen LogP contribution is -2.08. The molecule has 1 aromatic rings. The van der Waals surface area contributed by atoms with E-state index in [1.807, 2.05) is 18.2 Å². The van der Waals surface area contributed by atoms with E-state index in [1.54, 1.807) is 0 Å². The second-order valence-corrected chi connectivity index (χ2v) is 4.64. The van der Waals surface area contributed by atoms with E-state index in [4.69, 9.17) is 4.74 Å². The van der Waals surface area contributed by atoms with Crippen molar-refractivity contribution in [2.24, 2.45) is 0 Å². The average molecular weight is 236 g/mol. The van der Waals surface area contributed by atoms with Crippen LogP contribution in [0.1, 0.15) is 49.0 Å². The van der Waals surface area contributed by atoms with Crippen molar-refractivity contribution in [2.45, 2.75) is 46.1 Å². The first-order chi connectivity index (χ1) is 8.15. The van der Waals surface area contributed by atoms with Crippen LogP contribution in [0.25, 0.3) is 0 Å². The summed E-state index contributed by atoms with van der Waals surface area (Å²) in [6, 6.07) is 6.06. The van der Waals surface area contributed by atoms with Crippen LogP contribution in [0.15, 0.2) is 18.2 Å². The van der Waals surface area contributed by atoms with Gasteiger partial charge in [0.05, 0.1) is 6.61 Å². The van der Waals surface area contributed by atoms with Crippen molar-refractivity contribution in [2.75, 3.05) is 13.2 Å². The Morgan fingerprint density at radius 3 is 2.59 bits per heavy atom. The molecule has 1 aromatic carbocycles. The Morgan fingerprint density at radius 2 is 1.94 bits per heavy atom. The third-order valence-corrected chi connectivity index (χ3v) is 3.08. The molecule has 0 fully saturated rings. The highest BCUT2D eigenvalue weighted by atomic mass is 16.5. The van der Waals surface area contributed by atoms with Gasteiger partial charge in [0.2, 0.25) is 0 Å². The summed E-state index contributed by atoms with van der Waals surface area (Å²) in [4.78, 5) is 0. The van der Waals surface area contributed by atoms with Gasteiger partial charge in [-0.15, -0.1) is 0 Å². The van der Waals surface area contributed by atoms with Crippen molar-refractivity contribution in [1.29, 1.82) is 0 Å². The molecule has 0 heterocycles. The highest BCUT2D eigenvalue weighted by molar-refractivity contribution is 5.31. The molecule has 0 aliphatic heterocycles. The maximum absolute atomic E-state index is 9.97. The average Bonchev–Trinajstić information content (AvgIpc) is 2.32. The molecule has 0 bridgehead atoms. The maximum Gasteiger partial charge on any atom is 0.102 e. The number of aliphatic hydroxyl groups excluding tert-OH is 1. The minimum absolute atomic E-state index is 0.395. The number of ether oxygens (including phenoxy) is 1. The molecule has 0 saturated heterocycles. The molecule has 1 atom stereocenters. The number of hydrogen-bond acceptors (Lipinski definition) is 2. The summed E-state index contributed by atoms with van der Waals surface area (Å²) in [5, 5.41) is 9.97. The fourth-order valence-electron chi connectivity index (χ4n) is 1.72. The summed E-state index contributed by atoms with van der Waals surface area (Å²) in [5.74, 6) is 0. The SMILES string of the molecule is CCCCCOCC(O)c1ccc(C)c(C)c1. The molecule has 0 aliphatic carbocycles. The van der Waals surface area contributed by atoms with Crippen LogP contribution >= 0.6 is 0 Å². The van der Waals surface area contributed by atoms with Gasteiger partial charge < -0.3 is 9.84 Å². The van der Waals surface area contributed by atoms with Crippen molar-refractivity contribution < 1.29 is 9.84 Å². The summed E-state index contributed by atoms with van der Waals surface area (Å²) >= 11 is 0. The van der Waals surface area contributed by atoms with Gasteiger partial charge in [-0.3, -0.25) is 0 Å². The molecule has 0 amide bonds. The molecular formula is C15H24O2. The number of aryl methyl sites for hydroxylation is 2. The van der Waals surface area contributed by atoms with Crippen LogP contribution in [0, 0.1) is 13.8 Å². The molecule has 0 saturated carbocycles. The van der Waals surface area contributed by atoms with Crippen molar-refractivity contribution in [3.63, 3.8) is 0 Å². The Hall–Kier alpha value is -0.860. The lowest BCUT2D eigenvalue weighted by molar-refractivity contribution is 0.0345. The number of rotatable bonds is 7. The third-order valence-electron chi connectivity index (χ3n) is 3.08. The van der Waals surface area contributed by atoms with Gasteiger partial charge in [-0.1, -0.05) is 38.0 Å². The van der Waals surface area contributed by atoms with Crippen LogP contribution in [0.3, 0.4) is 0 Å². The summed E-state index contributed by atoms with van der Waals surface area (Å²) in [5.41, 5.74) is 3.42. The van der Waals surface area contributed by atoms with E-state index in [0.29, 0.717) is 6.61 Å². The molecule has 1 unspecified atom stereocenters. The van der Waals surface area contributed by atoms with Gasteiger partial charge in [-0.2, -0.15) is 0 Å². The van der Waals surface area contributed by atoms with Crippen LogP contribution in [-0.2, 0) is 4.74 Å². The Kier molecular flexibility index (Phi) is 6.23. The molecule has 0 radical (unpaired) electrons. The van der Waals surface area contributed by atoms with Crippen LogP contribution in [0.5, 0.6) is 0 Å². The lowest BCUT2D eigenvalue weighted by Gasteiger charge is -2.13. The summed E-state index contributed by atoms with van der Waals surface area (Å²) in [6.45, 7) is 7.45. The highest BCUT2D eigenvalue weighted by Gasteiger charge is 2.08. The fraction of sp³-hybridized carbons (Fsp3) is 0.600. The summed E-state index contributed by atoms with van der Waals surface area (Å²) in [6.07, 6.45) is 2.97. The van der Waals surface area contributed by atoms with Gasteiger partial charge in [0.1, 0.15) is 6.10 Å². The Morgan fingerprint density at radius 1 is 1.18 bits per heavy atom. The van der Waals surface area contributed by atoms with E-state index in [2.05, 4.69) is 20.8 Å². The molecule has 2 heteroatoms. The molecule has 0 aliphatic rings. The first-order valence-electron chi connectivity index (χ1n) is 6.48. The summed E-state index contributed by atoms with van der Waals surface area (Å²) in [7, 11) is 0. The standard InChI is InChI=1S/C15H24O2/c1-4-5-6-9-17-11-15(16)14-8-7-12(2)13(3)10-14/h7-8,10,15-16H,4-6,9,11H2,1-3H3. The van der Waals surface area contributed by atoms with Gasteiger partial charge >= 0.3 is 0 Å². The van der Waals surface area contributed by atoms with E-state index >= 15 is 0 Å². The van der Waals surface area contributed by atoms with Crippen LogP contribution < -0.4 is 0 Å². The van der Waals surface area contributed by atoms with Crippen LogP contribution in [-0.4, -0.2) is 18.3 Å². The second-order valence-electron chi connectivity index (χ2n) is 4.64. The Bertz CT molecular complexity index is 334. The van der Waals surface area contributed by atoms with Crippen LogP contribution in [0.2, 0.25) is 0 Å². The monoisotopic (exact) mass is 236 g/mol. The molecule has 1 rings (SSSR count). The topological polar surface area (TPSA) is 29.5 Å². The van der Waals surface area contributed by atoms with Gasteiger partial charge in [-0.25, -0.2) is 0 Å². The summed E-state index contributed by atoms with van der Waals surface area (Å²) < 4.78 is 5.47. The van der Waals surface area contributed by atoms with E-state index in [9.17, 15) is 5.11 Å². The van der Waals surface area contributed by atoms with Crippen molar-refractivity contribution in [3.05, 3.63) is 34.9 Å². The largest absolute Gasteiger partial charge is 0.386 e. The molecule has 0 aromatic heterocycles. The Balaban J connectivity index is 2.36. The predicted molar refractivity (Wildman–Crippen MR) is 71.2 cm³/mol. The van der Waals surface area contributed by atoms with Crippen LogP contribution in [0.4, 0.5) is 0 Å². The van der Waals surface area contributed by atoms with E-state index in [-0.39, 0.29) is 0 Å². The predicted octanol–water partition coefficient (Wildman–Crippen LogP) is 3.54. The van der Waals surface area contributed by atoms with Crippen molar-refractivity contribution in [3.8, 4) is 0 Å². The first-order valence-corrected chi connectivity index (χ1v) is 6.48. The molecule has 2 nitrogen and oxygen atoms in total. The zero-order chi connectivity index (χ0) is 12.7. The number of unbranched alkanes of at least 4 members (excludes halogenated alkanes) is 2. The molecule has 1 N–H and O–H groups in total. The molecule has 17 heavy (non-hydrogen) atoms. The van der Waals surface area contributed by atoms with E-state index in [0.717, 1.165) is 18.6 Å². The fourth-order valence-corrected chi connectivity index (χ4v) is 1.72. The molecular weight excluding hydrogens is 212 g/mol. The zero-order valence-corrected chi connectivity index (χ0v) is 11.2. The van der Waals surface area contributed by atoms with Crippen molar-refractivity contribution in [1.82, 2.24) is 0 Å². The Labute approximate surface area is 105 Å². The van der Waals surface area contributed by atoms with Gasteiger partial charge in [0, 0.05) is 6.61 Å². The van der Waals surface area contributed by atoms with Gasteiger partial charge in [-0.05, 0) is 37.0 Å². The maximum atomic E-state index is 9.97. The first kappa shape index (κ1) is 14.2. The number of hydrogen-bond donors (Lipinski definition) is 1. The van der Waals surface area contributed by atoms with Gasteiger partial charge in [0.15, 0.2) is 0 Å². The zero-order valence-electron chi connectivity index (χ0n) is 11.2. The van der Waals surface area contributed by atoms with E-state index in [1.165, 1.54) is 24.0 Å². The normalized spacial score (nSPS) is 12.7. The quantitative estimate of drug-likeness (QED) is 0.734. The third kappa shape index (κ3) is 4.88. The molecule has 96 valence electrons. The molecule has 0 spiro atoms. The smallest absolute Gasteiger partial charge is 0.102 e. The van der Waals surface area contributed by atoms with Crippen molar-refractivity contribution >= 4 is 0 Å². The number of benzene rings is 1. The second kappa shape index (κ2) is 7.46. The number of aliphatic hydroxyl groups is 1. The van der Waals surface area contributed by atoms with E-state index < -0.39 is 6.10 Å². The minimum atomic E-state index is -0.504. The highest BCUT2D eigenvalue weighted by Crippen LogP contribution is 2.17. The lowest BCUT2D eigenvalue weighted by atomic mass is 10.0.